The molecule has 5 nitrogen and oxygen atoms in total. The maximum atomic E-state index is 10.4. The van der Waals surface area contributed by atoms with E-state index in [4.69, 9.17) is 18.0 Å². The van der Waals surface area contributed by atoms with E-state index in [2.05, 4.69) is 20.8 Å². The lowest BCUT2D eigenvalue weighted by atomic mass is 9.84. The number of aliphatic hydroxyl groups is 1. The molecular weight excluding hydrogens is 432 g/mol. The Morgan fingerprint density at radius 1 is 0.727 bits per heavy atom. The zero-order valence-electron chi connectivity index (χ0n) is 22.5. The molecule has 0 saturated heterocycles. The summed E-state index contributed by atoms with van der Waals surface area (Å²) in [6.45, 7) is 8.94. The third kappa shape index (κ3) is 14.2. The van der Waals surface area contributed by atoms with Gasteiger partial charge in [-0.3, -0.25) is 0 Å². The molecule has 1 rings (SSSR count). The van der Waals surface area contributed by atoms with Crippen LogP contribution in [0, 0.1) is 5.92 Å². The highest BCUT2D eigenvalue weighted by molar-refractivity contribution is 6.60. The molecule has 3 atom stereocenters. The van der Waals surface area contributed by atoms with Crippen molar-refractivity contribution >= 4 is 8.80 Å². The van der Waals surface area contributed by atoms with Gasteiger partial charge in [-0.1, -0.05) is 78.6 Å². The molecule has 0 spiro atoms. The van der Waals surface area contributed by atoms with Crippen molar-refractivity contribution in [3.8, 4) is 0 Å². The Hall–Kier alpha value is 0.0169. The molecule has 0 bridgehead atoms. The fraction of sp³-hybridized carbons (Fsp3) is 1.00. The van der Waals surface area contributed by atoms with E-state index in [0.29, 0.717) is 5.92 Å². The van der Waals surface area contributed by atoms with Crippen molar-refractivity contribution in [2.75, 3.05) is 26.9 Å². The first-order chi connectivity index (χ1) is 16.1. The molecule has 0 amide bonds. The SMILES string of the molecule is CCCCCCOC1CC(CC[Si](OC)(OCCCCCC)OCCCCCC)CCC1O. The Morgan fingerprint density at radius 3 is 1.79 bits per heavy atom. The van der Waals surface area contributed by atoms with Crippen LogP contribution in [0.15, 0.2) is 0 Å². The molecule has 1 N–H and O–H groups in total. The average molecular weight is 489 g/mol. The van der Waals surface area contributed by atoms with Crippen LogP contribution in [0.5, 0.6) is 0 Å². The lowest BCUT2D eigenvalue weighted by Gasteiger charge is -2.35. The Kier molecular flexibility index (Phi) is 19.0. The van der Waals surface area contributed by atoms with E-state index >= 15 is 0 Å². The predicted molar refractivity (Wildman–Crippen MR) is 140 cm³/mol. The summed E-state index contributed by atoms with van der Waals surface area (Å²) in [4.78, 5) is 0. The van der Waals surface area contributed by atoms with Gasteiger partial charge in [0, 0.05) is 33.0 Å². The van der Waals surface area contributed by atoms with E-state index in [0.717, 1.165) is 70.8 Å². The minimum atomic E-state index is -2.66. The van der Waals surface area contributed by atoms with Crippen molar-refractivity contribution < 1.29 is 23.1 Å². The number of hydrogen-bond acceptors (Lipinski definition) is 5. The topological polar surface area (TPSA) is 57.2 Å². The van der Waals surface area contributed by atoms with Gasteiger partial charge in [0.2, 0.25) is 0 Å². The Balaban J connectivity index is 2.53. The van der Waals surface area contributed by atoms with Gasteiger partial charge in [-0.2, -0.15) is 0 Å². The summed E-state index contributed by atoms with van der Waals surface area (Å²) in [5.74, 6) is 0.545. The van der Waals surface area contributed by atoms with E-state index in [-0.39, 0.29) is 12.2 Å². The zero-order chi connectivity index (χ0) is 24.2. The van der Waals surface area contributed by atoms with Gasteiger partial charge in [0.25, 0.3) is 0 Å². The van der Waals surface area contributed by atoms with Gasteiger partial charge in [0.05, 0.1) is 12.2 Å². The highest BCUT2D eigenvalue weighted by Gasteiger charge is 2.41. The molecule has 0 aromatic carbocycles. The van der Waals surface area contributed by atoms with Gasteiger partial charge in [-0.15, -0.1) is 0 Å². The standard InChI is InChI=1S/C27H56O5Si/c1-5-8-11-14-20-30-27-24-25(17-18-26(27)28)19-23-33(29-4,31-21-15-12-9-6-2)32-22-16-13-10-7-3/h25-28H,5-24H2,1-4H3. The third-order valence-electron chi connectivity index (χ3n) is 7.00. The lowest BCUT2D eigenvalue weighted by Crippen LogP contribution is -2.46. The first-order valence-corrected chi connectivity index (χ1v) is 16.2. The van der Waals surface area contributed by atoms with Crippen LogP contribution in [0.4, 0.5) is 0 Å². The fourth-order valence-electron chi connectivity index (χ4n) is 4.70. The second kappa shape index (κ2) is 20.2. The fourth-order valence-corrected chi connectivity index (χ4v) is 7.18. The van der Waals surface area contributed by atoms with Crippen molar-refractivity contribution in [2.45, 2.75) is 142 Å². The minimum Gasteiger partial charge on any atom is -0.390 e. The normalized spacial score (nSPS) is 21.5. The number of rotatable bonds is 22. The third-order valence-corrected chi connectivity index (χ3v) is 9.82. The van der Waals surface area contributed by atoms with E-state index in [1.807, 2.05) is 0 Å². The molecule has 1 saturated carbocycles. The summed E-state index contributed by atoms with van der Waals surface area (Å²) in [5, 5.41) is 10.4. The monoisotopic (exact) mass is 488 g/mol. The van der Waals surface area contributed by atoms with Crippen LogP contribution in [-0.4, -0.2) is 53.0 Å². The van der Waals surface area contributed by atoms with Crippen LogP contribution in [0.3, 0.4) is 0 Å². The summed E-state index contributed by atoms with van der Waals surface area (Å²) in [5.41, 5.74) is 0. The van der Waals surface area contributed by atoms with E-state index in [1.54, 1.807) is 7.11 Å². The zero-order valence-corrected chi connectivity index (χ0v) is 23.5. The minimum absolute atomic E-state index is 0.0195. The van der Waals surface area contributed by atoms with Crippen LogP contribution < -0.4 is 0 Å². The van der Waals surface area contributed by atoms with Crippen LogP contribution in [0.2, 0.25) is 6.04 Å². The number of aliphatic hydroxyl groups excluding tert-OH is 1. The van der Waals surface area contributed by atoms with Crippen LogP contribution >= 0.6 is 0 Å². The summed E-state index contributed by atoms with van der Waals surface area (Å²) < 4.78 is 24.9. The van der Waals surface area contributed by atoms with Crippen molar-refractivity contribution in [2.24, 2.45) is 5.92 Å². The molecular formula is C27H56O5Si. The maximum absolute atomic E-state index is 10.4. The van der Waals surface area contributed by atoms with Gasteiger partial charge in [-0.05, 0) is 50.9 Å². The van der Waals surface area contributed by atoms with Crippen LogP contribution in [0.1, 0.15) is 124 Å². The van der Waals surface area contributed by atoms with E-state index < -0.39 is 8.80 Å². The molecule has 1 aliphatic carbocycles. The smallest absolute Gasteiger partial charge is 0.390 e. The molecule has 3 unspecified atom stereocenters. The Morgan fingerprint density at radius 2 is 1.27 bits per heavy atom. The molecule has 1 fully saturated rings. The second-order valence-electron chi connectivity index (χ2n) is 9.96. The first kappa shape index (κ1) is 31.0. The van der Waals surface area contributed by atoms with E-state index in [9.17, 15) is 5.11 Å². The molecule has 0 radical (unpaired) electrons. The van der Waals surface area contributed by atoms with Crippen LogP contribution in [-0.2, 0) is 18.0 Å². The number of hydrogen-bond donors (Lipinski definition) is 1. The largest absolute Gasteiger partial charge is 0.500 e. The number of unbranched alkanes of at least 4 members (excludes halogenated alkanes) is 9. The Labute approximate surface area is 206 Å². The van der Waals surface area contributed by atoms with Crippen LogP contribution in [0.25, 0.3) is 0 Å². The van der Waals surface area contributed by atoms with Crippen molar-refractivity contribution in [1.29, 1.82) is 0 Å². The Bertz CT molecular complexity index is 423. The van der Waals surface area contributed by atoms with Gasteiger partial charge in [0.1, 0.15) is 0 Å². The van der Waals surface area contributed by atoms with Gasteiger partial charge in [-0.25, -0.2) is 0 Å². The average Bonchev–Trinajstić information content (AvgIpc) is 2.83. The molecule has 0 heterocycles. The molecule has 0 aromatic heterocycles. The lowest BCUT2D eigenvalue weighted by molar-refractivity contribution is -0.0728. The summed E-state index contributed by atoms with van der Waals surface area (Å²) in [7, 11) is -0.882. The molecule has 33 heavy (non-hydrogen) atoms. The second-order valence-corrected chi connectivity index (χ2v) is 12.8. The summed E-state index contributed by atoms with van der Waals surface area (Å²) >= 11 is 0. The molecule has 6 heteroatoms. The maximum Gasteiger partial charge on any atom is 0.500 e. The summed E-state index contributed by atoms with van der Waals surface area (Å²) in [6.07, 6.45) is 17.9. The van der Waals surface area contributed by atoms with Crippen molar-refractivity contribution in [3.63, 3.8) is 0 Å². The highest BCUT2D eigenvalue weighted by Crippen LogP contribution is 2.33. The summed E-state index contributed by atoms with van der Waals surface area (Å²) in [6, 6.07) is 0.870. The molecule has 0 aromatic rings. The quantitative estimate of drug-likeness (QED) is 0.128. The predicted octanol–water partition coefficient (Wildman–Crippen LogP) is 7.28. The van der Waals surface area contributed by atoms with E-state index in [1.165, 1.54) is 57.8 Å². The highest BCUT2D eigenvalue weighted by atomic mass is 28.4. The molecule has 198 valence electrons. The van der Waals surface area contributed by atoms with Gasteiger partial charge in [0.15, 0.2) is 0 Å². The molecule has 1 aliphatic rings. The van der Waals surface area contributed by atoms with Gasteiger partial charge >= 0.3 is 8.80 Å². The van der Waals surface area contributed by atoms with Gasteiger partial charge < -0.3 is 23.1 Å². The first-order valence-electron chi connectivity index (χ1n) is 14.2. The molecule has 0 aliphatic heterocycles. The number of ether oxygens (including phenoxy) is 1. The van der Waals surface area contributed by atoms with Crippen molar-refractivity contribution in [3.05, 3.63) is 0 Å². The van der Waals surface area contributed by atoms with Crippen molar-refractivity contribution in [1.82, 2.24) is 0 Å².